The van der Waals surface area contributed by atoms with Crippen molar-refractivity contribution in [3.63, 3.8) is 0 Å². The van der Waals surface area contributed by atoms with Gasteiger partial charge in [0.2, 0.25) is 0 Å². The topological polar surface area (TPSA) is 33.4 Å². The second-order valence-electron chi connectivity index (χ2n) is 3.60. The van der Waals surface area contributed by atoms with Gasteiger partial charge in [-0.05, 0) is 12.5 Å². The number of nitrogens with zero attached hydrogens (tertiary/aromatic N) is 4. The van der Waals surface area contributed by atoms with Crippen LogP contribution < -0.4 is 4.90 Å². The summed E-state index contributed by atoms with van der Waals surface area (Å²) in [4.78, 5) is 6.86. The van der Waals surface area contributed by atoms with Crippen LogP contribution in [0.1, 0.15) is 13.3 Å². The zero-order chi connectivity index (χ0) is 11.4. The van der Waals surface area contributed by atoms with E-state index in [1.807, 2.05) is 18.3 Å². The average molecular weight is 283 g/mol. The number of aromatic nitrogens is 3. The summed E-state index contributed by atoms with van der Waals surface area (Å²) in [6.07, 6.45) is 4.84. The van der Waals surface area contributed by atoms with Crippen molar-refractivity contribution in [3.8, 4) is 0 Å². The lowest BCUT2D eigenvalue weighted by atomic mass is 10.4. The molecular formula is C11H15BrN4. The highest BCUT2D eigenvalue weighted by Crippen LogP contribution is 2.12. The van der Waals surface area contributed by atoms with Crippen molar-refractivity contribution in [2.45, 2.75) is 13.3 Å². The molecular weight excluding hydrogens is 268 g/mol. The van der Waals surface area contributed by atoms with E-state index < -0.39 is 0 Å². The normalized spacial score (nSPS) is 10.9. The van der Waals surface area contributed by atoms with Crippen LogP contribution in [-0.2, 0) is 0 Å². The van der Waals surface area contributed by atoms with Gasteiger partial charge >= 0.3 is 0 Å². The SMILES string of the molecule is CCCN(CCBr)c1ccn2nccc2n1. The summed E-state index contributed by atoms with van der Waals surface area (Å²) in [6, 6.07) is 3.93. The van der Waals surface area contributed by atoms with Gasteiger partial charge < -0.3 is 4.90 Å². The Morgan fingerprint density at radius 2 is 2.25 bits per heavy atom. The van der Waals surface area contributed by atoms with E-state index in [1.165, 1.54) is 0 Å². The van der Waals surface area contributed by atoms with Crippen LogP contribution in [0.2, 0.25) is 0 Å². The molecule has 2 rings (SSSR count). The Hall–Kier alpha value is -1.10. The third-order valence-electron chi connectivity index (χ3n) is 2.42. The fraction of sp³-hybridized carbons (Fsp3) is 0.455. The minimum absolute atomic E-state index is 0.896. The molecule has 16 heavy (non-hydrogen) atoms. The first-order valence-electron chi connectivity index (χ1n) is 5.46. The van der Waals surface area contributed by atoms with Gasteiger partial charge in [-0.15, -0.1) is 0 Å². The highest BCUT2D eigenvalue weighted by molar-refractivity contribution is 9.09. The highest BCUT2D eigenvalue weighted by Gasteiger charge is 2.07. The molecule has 2 aromatic heterocycles. The first kappa shape index (κ1) is 11.4. The predicted octanol–water partition coefficient (Wildman–Crippen LogP) is 2.34. The molecule has 0 fully saturated rings. The standard InChI is InChI=1S/C11H15BrN4/c1-2-7-15(9-5-12)10-4-8-16-11(14-10)3-6-13-16/h3-4,6,8H,2,5,7,9H2,1H3. The zero-order valence-corrected chi connectivity index (χ0v) is 10.9. The summed E-state index contributed by atoms with van der Waals surface area (Å²) in [5.74, 6) is 1.02. The van der Waals surface area contributed by atoms with Gasteiger partial charge in [0.05, 0.1) is 6.20 Å². The van der Waals surface area contributed by atoms with Crippen molar-refractivity contribution in [2.75, 3.05) is 23.3 Å². The lowest BCUT2D eigenvalue weighted by Crippen LogP contribution is -2.27. The van der Waals surface area contributed by atoms with Crippen LogP contribution in [0, 0.1) is 0 Å². The van der Waals surface area contributed by atoms with E-state index in [0.717, 1.165) is 36.3 Å². The number of fused-ring (bicyclic) bond motifs is 1. The summed E-state index contributed by atoms with van der Waals surface area (Å²) < 4.78 is 1.78. The predicted molar refractivity (Wildman–Crippen MR) is 69.3 cm³/mol. The fourth-order valence-electron chi connectivity index (χ4n) is 1.69. The highest BCUT2D eigenvalue weighted by atomic mass is 79.9. The molecule has 0 aromatic carbocycles. The van der Waals surface area contributed by atoms with E-state index in [2.05, 4.69) is 37.8 Å². The van der Waals surface area contributed by atoms with Gasteiger partial charge in [0.15, 0.2) is 5.65 Å². The maximum atomic E-state index is 4.58. The fourth-order valence-corrected chi connectivity index (χ4v) is 2.12. The number of hydrogen-bond acceptors (Lipinski definition) is 3. The molecule has 0 saturated carbocycles. The number of halogens is 1. The molecule has 0 aliphatic rings. The van der Waals surface area contributed by atoms with E-state index in [-0.39, 0.29) is 0 Å². The summed E-state index contributed by atoms with van der Waals surface area (Å²) in [5.41, 5.74) is 0.896. The van der Waals surface area contributed by atoms with E-state index in [4.69, 9.17) is 0 Å². The van der Waals surface area contributed by atoms with Crippen LogP contribution in [-0.4, -0.2) is 33.0 Å². The molecule has 0 bridgehead atoms. The van der Waals surface area contributed by atoms with Crippen molar-refractivity contribution < 1.29 is 0 Å². The lowest BCUT2D eigenvalue weighted by Gasteiger charge is -2.21. The minimum atomic E-state index is 0.896. The molecule has 5 heteroatoms. The van der Waals surface area contributed by atoms with E-state index >= 15 is 0 Å². The summed E-state index contributed by atoms with van der Waals surface area (Å²) in [7, 11) is 0. The number of anilines is 1. The summed E-state index contributed by atoms with van der Waals surface area (Å²) in [5, 5.41) is 5.09. The molecule has 86 valence electrons. The van der Waals surface area contributed by atoms with Crippen molar-refractivity contribution in [1.29, 1.82) is 0 Å². The van der Waals surface area contributed by atoms with Crippen molar-refractivity contribution in [3.05, 3.63) is 24.5 Å². The first-order valence-corrected chi connectivity index (χ1v) is 6.58. The van der Waals surface area contributed by atoms with Crippen LogP contribution in [0.15, 0.2) is 24.5 Å². The molecule has 0 unspecified atom stereocenters. The molecule has 0 N–H and O–H groups in total. The molecule has 0 aliphatic heterocycles. The Morgan fingerprint density at radius 3 is 3.00 bits per heavy atom. The Morgan fingerprint density at radius 1 is 1.38 bits per heavy atom. The van der Waals surface area contributed by atoms with Crippen LogP contribution >= 0.6 is 15.9 Å². The van der Waals surface area contributed by atoms with E-state index in [9.17, 15) is 0 Å². The second kappa shape index (κ2) is 5.30. The Labute approximate surface area is 103 Å². The molecule has 0 saturated heterocycles. The summed E-state index contributed by atoms with van der Waals surface area (Å²) >= 11 is 3.47. The Balaban J connectivity index is 2.28. The quantitative estimate of drug-likeness (QED) is 0.790. The molecule has 0 amide bonds. The molecule has 0 spiro atoms. The monoisotopic (exact) mass is 282 g/mol. The maximum Gasteiger partial charge on any atom is 0.157 e. The lowest BCUT2D eigenvalue weighted by molar-refractivity contribution is 0.780. The molecule has 0 aliphatic carbocycles. The number of alkyl halides is 1. The van der Waals surface area contributed by atoms with Gasteiger partial charge in [-0.1, -0.05) is 22.9 Å². The third kappa shape index (κ3) is 2.35. The van der Waals surface area contributed by atoms with Gasteiger partial charge in [-0.3, -0.25) is 0 Å². The van der Waals surface area contributed by atoms with Crippen molar-refractivity contribution in [1.82, 2.24) is 14.6 Å². The summed E-state index contributed by atoms with van der Waals surface area (Å²) in [6.45, 7) is 4.19. The van der Waals surface area contributed by atoms with E-state index in [0.29, 0.717) is 0 Å². The largest absolute Gasteiger partial charge is 0.356 e. The van der Waals surface area contributed by atoms with Crippen LogP contribution in [0.3, 0.4) is 0 Å². The van der Waals surface area contributed by atoms with Gasteiger partial charge in [0.1, 0.15) is 5.82 Å². The molecule has 2 aromatic rings. The van der Waals surface area contributed by atoms with E-state index in [1.54, 1.807) is 10.7 Å². The number of rotatable bonds is 5. The molecule has 4 nitrogen and oxygen atoms in total. The Bertz CT molecular complexity index is 448. The number of hydrogen-bond donors (Lipinski definition) is 0. The smallest absolute Gasteiger partial charge is 0.157 e. The van der Waals surface area contributed by atoms with Gasteiger partial charge in [0, 0.05) is 30.7 Å². The first-order chi connectivity index (χ1) is 7.85. The van der Waals surface area contributed by atoms with Gasteiger partial charge in [-0.2, -0.15) is 5.10 Å². The van der Waals surface area contributed by atoms with Crippen LogP contribution in [0.5, 0.6) is 0 Å². The molecule has 2 heterocycles. The molecule has 0 atom stereocenters. The van der Waals surface area contributed by atoms with Gasteiger partial charge in [-0.25, -0.2) is 9.50 Å². The zero-order valence-electron chi connectivity index (χ0n) is 9.30. The van der Waals surface area contributed by atoms with Crippen LogP contribution in [0.4, 0.5) is 5.82 Å². The van der Waals surface area contributed by atoms with Gasteiger partial charge in [0.25, 0.3) is 0 Å². The molecule has 0 radical (unpaired) electrons. The van der Waals surface area contributed by atoms with Crippen LogP contribution in [0.25, 0.3) is 5.65 Å². The average Bonchev–Trinajstić information content (AvgIpc) is 2.75. The second-order valence-corrected chi connectivity index (χ2v) is 4.39. The minimum Gasteiger partial charge on any atom is -0.356 e. The Kier molecular flexibility index (Phi) is 3.77. The van der Waals surface area contributed by atoms with Crippen molar-refractivity contribution >= 4 is 27.4 Å². The maximum absolute atomic E-state index is 4.58. The third-order valence-corrected chi connectivity index (χ3v) is 2.77. The van der Waals surface area contributed by atoms with Crippen molar-refractivity contribution in [2.24, 2.45) is 0 Å².